The van der Waals surface area contributed by atoms with Gasteiger partial charge in [0.05, 0.1) is 6.61 Å². The largest absolute Gasteiger partial charge is 0.491 e. The fourth-order valence-corrected chi connectivity index (χ4v) is 3.46. The van der Waals surface area contributed by atoms with Crippen molar-refractivity contribution in [2.24, 2.45) is 0 Å². The molecule has 0 saturated heterocycles. The van der Waals surface area contributed by atoms with Crippen molar-refractivity contribution < 1.29 is 18.7 Å². The van der Waals surface area contributed by atoms with Crippen LogP contribution in [0, 0.1) is 5.82 Å². The van der Waals surface area contributed by atoms with Gasteiger partial charge in [-0.15, -0.1) is 0 Å². The van der Waals surface area contributed by atoms with Crippen molar-refractivity contribution in [2.75, 3.05) is 6.61 Å². The summed E-state index contributed by atoms with van der Waals surface area (Å²) in [7, 11) is 0. The standard InChI is InChI=1S/C27H37FO3/c1-3-5-7-9-10-12-20-30-26-19-16-23(21-25(26)28)22-14-17-24(18-15-22)31-27(29)13-11-8-6-4-2/h14-19,21H,3-13,20H2,1-2H3. The molecule has 0 aliphatic heterocycles. The molecule has 170 valence electrons. The fraction of sp³-hybridized carbons (Fsp3) is 0.519. The maximum Gasteiger partial charge on any atom is 0.311 e. The zero-order chi connectivity index (χ0) is 22.3. The van der Waals surface area contributed by atoms with E-state index in [4.69, 9.17) is 9.47 Å². The quantitative estimate of drug-likeness (QED) is 0.163. The Morgan fingerprint density at radius 1 is 0.774 bits per heavy atom. The van der Waals surface area contributed by atoms with E-state index in [0.717, 1.165) is 49.7 Å². The zero-order valence-corrected chi connectivity index (χ0v) is 19.1. The highest BCUT2D eigenvalue weighted by atomic mass is 19.1. The zero-order valence-electron chi connectivity index (χ0n) is 19.1. The number of carbonyl (C=O) groups excluding carboxylic acids is 1. The van der Waals surface area contributed by atoms with Gasteiger partial charge in [0.15, 0.2) is 11.6 Å². The van der Waals surface area contributed by atoms with Crippen molar-refractivity contribution in [1.82, 2.24) is 0 Å². The Kier molecular flexibility index (Phi) is 11.7. The molecule has 0 spiro atoms. The number of hydrogen-bond donors (Lipinski definition) is 0. The summed E-state index contributed by atoms with van der Waals surface area (Å²) < 4.78 is 25.4. The van der Waals surface area contributed by atoms with Crippen LogP contribution < -0.4 is 9.47 Å². The summed E-state index contributed by atoms with van der Waals surface area (Å²) in [6, 6.07) is 12.2. The molecule has 2 rings (SSSR count). The minimum atomic E-state index is -0.355. The smallest absolute Gasteiger partial charge is 0.311 e. The molecule has 0 fully saturated rings. The van der Waals surface area contributed by atoms with Gasteiger partial charge in [-0.1, -0.05) is 83.4 Å². The van der Waals surface area contributed by atoms with Crippen molar-refractivity contribution in [3.8, 4) is 22.6 Å². The van der Waals surface area contributed by atoms with Gasteiger partial charge in [-0.2, -0.15) is 0 Å². The number of ether oxygens (including phenoxy) is 2. The molecule has 0 unspecified atom stereocenters. The van der Waals surface area contributed by atoms with Gasteiger partial charge in [-0.05, 0) is 48.2 Å². The van der Waals surface area contributed by atoms with E-state index in [9.17, 15) is 9.18 Å². The van der Waals surface area contributed by atoms with Crippen molar-refractivity contribution in [1.29, 1.82) is 0 Å². The van der Waals surface area contributed by atoms with Crippen LogP contribution in [0.2, 0.25) is 0 Å². The van der Waals surface area contributed by atoms with Gasteiger partial charge in [0.25, 0.3) is 0 Å². The van der Waals surface area contributed by atoms with Gasteiger partial charge >= 0.3 is 5.97 Å². The number of halogens is 1. The van der Waals surface area contributed by atoms with Gasteiger partial charge < -0.3 is 9.47 Å². The van der Waals surface area contributed by atoms with Gasteiger partial charge in [0.2, 0.25) is 0 Å². The average molecular weight is 429 g/mol. The summed E-state index contributed by atoms with van der Waals surface area (Å²) in [6.45, 7) is 4.89. The number of hydrogen-bond acceptors (Lipinski definition) is 3. The van der Waals surface area contributed by atoms with Gasteiger partial charge in [0.1, 0.15) is 5.75 Å². The Morgan fingerprint density at radius 2 is 1.39 bits per heavy atom. The van der Waals surface area contributed by atoms with Crippen molar-refractivity contribution in [2.45, 2.75) is 84.5 Å². The third-order valence-corrected chi connectivity index (χ3v) is 5.34. The first-order valence-corrected chi connectivity index (χ1v) is 11.9. The topological polar surface area (TPSA) is 35.5 Å². The molecule has 2 aromatic rings. The highest BCUT2D eigenvalue weighted by Gasteiger charge is 2.08. The summed E-state index contributed by atoms with van der Waals surface area (Å²) in [6.07, 6.45) is 11.7. The van der Waals surface area contributed by atoms with Crippen LogP contribution in [-0.2, 0) is 4.79 Å². The third kappa shape index (κ3) is 9.54. The SMILES string of the molecule is CCCCCCCCOc1ccc(-c2ccc(OC(=O)CCCCCC)cc2)cc1F. The second-order valence-corrected chi connectivity index (χ2v) is 8.07. The summed E-state index contributed by atoms with van der Waals surface area (Å²) >= 11 is 0. The number of carbonyl (C=O) groups is 1. The van der Waals surface area contributed by atoms with E-state index < -0.39 is 0 Å². The molecule has 0 amide bonds. The van der Waals surface area contributed by atoms with Gasteiger partial charge in [-0.25, -0.2) is 4.39 Å². The molecule has 0 aliphatic carbocycles. The lowest BCUT2D eigenvalue weighted by Gasteiger charge is -2.10. The van der Waals surface area contributed by atoms with E-state index >= 15 is 0 Å². The number of esters is 1. The molecule has 0 aromatic heterocycles. The van der Waals surface area contributed by atoms with E-state index in [-0.39, 0.29) is 11.8 Å². The second kappa shape index (κ2) is 14.6. The molecule has 0 aliphatic rings. The maximum absolute atomic E-state index is 14.4. The predicted octanol–water partition coefficient (Wildman–Crippen LogP) is 8.11. The maximum atomic E-state index is 14.4. The molecule has 0 bridgehead atoms. The molecule has 0 heterocycles. The van der Waals surface area contributed by atoms with Crippen LogP contribution >= 0.6 is 0 Å². The van der Waals surface area contributed by atoms with Crippen LogP contribution in [0.25, 0.3) is 11.1 Å². The Hall–Kier alpha value is -2.36. The molecule has 0 radical (unpaired) electrons. The van der Waals surface area contributed by atoms with E-state index in [1.807, 2.05) is 18.2 Å². The first-order valence-electron chi connectivity index (χ1n) is 11.9. The average Bonchev–Trinajstić information content (AvgIpc) is 2.77. The van der Waals surface area contributed by atoms with E-state index in [1.165, 1.54) is 31.7 Å². The normalized spacial score (nSPS) is 10.8. The van der Waals surface area contributed by atoms with Crippen molar-refractivity contribution >= 4 is 5.97 Å². The molecular formula is C27H37FO3. The Labute approximate surface area is 187 Å². The highest BCUT2D eigenvalue weighted by Crippen LogP contribution is 2.27. The van der Waals surface area contributed by atoms with Crippen LogP contribution in [0.15, 0.2) is 42.5 Å². The van der Waals surface area contributed by atoms with Gasteiger partial charge in [-0.3, -0.25) is 4.79 Å². The predicted molar refractivity (Wildman–Crippen MR) is 125 cm³/mol. The Bertz CT molecular complexity index is 771. The number of rotatable bonds is 15. The second-order valence-electron chi connectivity index (χ2n) is 8.07. The van der Waals surface area contributed by atoms with E-state index in [0.29, 0.717) is 24.5 Å². The summed E-state index contributed by atoms with van der Waals surface area (Å²) in [5.41, 5.74) is 1.63. The molecule has 31 heavy (non-hydrogen) atoms. The van der Waals surface area contributed by atoms with Crippen molar-refractivity contribution in [3.05, 3.63) is 48.3 Å². The Morgan fingerprint density at radius 3 is 2.06 bits per heavy atom. The summed E-state index contributed by atoms with van der Waals surface area (Å²) in [5, 5.41) is 0. The van der Waals surface area contributed by atoms with Crippen LogP contribution in [0.4, 0.5) is 4.39 Å². The lowest BCUT2D eigenvalue weighted by molar-refractivity contribution is -0.134. The van der Waals surface area contributed by atoms with Crippen LogP contribution in [0.1, 0.15) is 84.5 Å². The minimum Gasteiger partial charge on any atom is -0.491 e. The summed E-state index contributed by atoms with van der Waals surface area (Å²) in [4.78, 5) is 11.9. The number of benzene rings is 2. The first-order chi connectivity index (χ1) is 15.1. The summed E-state index contributed by atoms with van der Waals surface area (Å²) in [5.74, 6) is 0.252. The lowest BCUT2D eigenvalue weighted by atomic mass is 10.1. The molecule has 3 nitrogen and oxygen atoms in total. The van der Waals surface area contributed by atoms with Crippen LogP contribution in [0.3, 0.4) is 0 Å². The third-order valence-electron chi connectivity index (χ3n) is 5.34. The molecule has 2 aromatic carbocycles. The molecule has 4 heteroatoms. The minimum absolute atomic E-state index is 0.207. The van der Waals surface area contributed by atoms with E-state index in [2.05, 4.69) is 13.8 Å². The Balaban J connectivity index is 1.81. The lowest BCUT2D eigenvalue weighted by Crippen LogP contribution is -2.07. The highest BCUT2D eigenvalue weighted by molar-refractivity contribution is 5.73. The van der Waals surface area contributed by atoms with Crippen LogP contribution in [0.5, 0.6) is 11.5 Å². The fourth-order valence-electron chi connectivity index (χ4n) is 3.46. The number of unbranched alkanes of at least 4 members (excludes halogenated alkanes) is 8. The van der Waals surface area contributed by atoms with Gasteiger partial charge in [0, 0.05) is 6.42 Å². The molecule has 0 N–H and O–H groups in total. The first kappa shape index (κ1) is 24.9. The molecule has 0 saturated carbocycles. The van der Waals surface area contributed by atoms with Crippen molar-refractivity contribution in [3.63, 3.8) is 0 Å². The van der Waals surface area contributed by atoms with E-state index in [1.54, 1.807) is 18.2 Å². The van der Waals surface area contributed by atoms with Crippen LogP contribution in [-0.4, -0.2) is 12.6 Å². The molecule has 0 atom stereocenters. The molecular weight excluding hydrogens is 391 g/mol. The monoisotopic (exact) mass is 428 g/mol.